The molecule has 1 aliphatic carbocycles. The second-order valence-corrected chi connectivity index (χ2v) is 7.88. The molecule has 2 rings (SSSR count). The SMILES string of the molecule is CCOC(=O)NCCO[C@H]1CCCN([C@@H]2C=C(C(=O)OCC)CC(N=[N+]=[N-])[C@H]2NC(C)=O)C1. The number of azide groups is 1. The molecule has 1 fully saturated rings. The standard InChI is InChI=1S/C21H34N6O6/c1-4-31-20(29)15-11-17(25-26-22)19(24-14(3)28)18(12-15)27-9-6-7-16(13-27)33-10-8-23-21(30)32-5-2/h12,16-19H,4-11,13H2,1-3H3,(H,23,30)(H,24,28)/t16-,17?,18+,19+/m0/s1. The van der Waals surface area contributed by atoms with Crippen LogP contribution in [0.25, 0.3) is 10.4 Å². The minimum atomic E-state index is -0.622. The topological polar surface area (TPSA) is 155 Å². The van der Waals surface area contributed by atoms with E-state index in [1.807, 2.05) is 6.08 Å². The second kappa shape index (κ2) is 13.7. The molecule has 2 N–H and O–H groups in total. The first-order valence-corrected chi connectivity index (χ1v) is 11.3. The molecule has 1 saturated heterocycles. The largest absolute Gasteiger partial charge is 0.463 e. The van der Waals surface area contributed by atoms with E-state index < -0.39 is 24.1 Å². The number of esters is 1. The maximum absolute atomic E-state index is 12.4. The highest BCUT2D eigenvalue weighted by Crippen LogP contribution is 2.29. The van der Waals surface area contributed by atoms with Crippen molar-refractivity contribution in [2.45, 2.75) is 64.3 Å². The number of carbonyl (C=O) groups is 3. The molecule has 1 heterocycles. The molecule has 0 bridgehead atoms. The number of carbonyl (C=O) groups excluding carboxylic acids is 3. The van der Waals surface area contributed by atoms with Crippen LogP contribution in [0.2, 0.25) is 0 Å². The summed E-state index contributed by atoms with van der Waals surface area (Å²) in [5.74, 6) is -0.692. The molecule has 0 aromatic heterocycles. The van der Waals surface area contributed by atoms with Gasteiger partial charge in [-0.2, -0.15) is 0 Å². The van der Waals surface area contributed by atoms with Gasteiger partial charge in [-0.15, -0.1) is 0 Å². The monoisotopic (exact) mass is 466 g/mol. The summed E-state index contributed by atoms with van der Waals surface area (Å²) in [6.45, 7) is 7.39. The lowest BCUT2D eigenvalue weighted by Crippen LogP contribution is -2.60. The van der Waals surface area contributed by atoms with E-state index >= 15 is 0 Å². The Labute approximate surface area is 193 Å². The number of rotatable bonds is 10. The van der Waals surface area contributed by atoms with Gasteiger partial charge in [-0.1, -0.05) is 11.2 Å². The van der Waals surface area contributed by atoms with Crippen molar-refractivity contribution in [2.75, 3.05) is 39.5 Å². The summed E-state index contributed by atoms with van der Waals surface area (Å²) in [5, 5.41) is 9.40. The fraction of sp³-hybridized carbons (Fsp3) is 0.762. The van der Waals surface area contributed by atoms with Gasteiger partial charge < -0.3 is 24.8 Å². The van der Waals surface area contributed by atoms with E-state index in [0.29, 0.717) is 31.9 Å². The van der Waals surface area contributed by atoms with Crippen LogP contribution in [0.1, 0.15) is 40.0 Å². The summed E-state index contributed by atoms with van der Waals surface area (Å²) in [4.78, 5) is 40.8. The first-order chi connectivity index (χ1) is 15.9. The number of amides is 2. The summed E-state index contributed by atoms with van der Waals surface area (Å²) in [6, 6.07) is -1.47. The lowest BCUT2D eigenvalue weighted by molar-refractivity contribution is -0.138. The molecule has 4 atom stereocenters. The first-order valence-electron chi connectivity index (χ1n) is 11.3. The summed E-state index contributed by atoms with van der Waals surface area (Å²) in [6.07, 6.45) is 3.15. The Morgan fingerprint density at radius 1 is 1.27 bits per heavy atom. The maximum atomic E-state index is 12.4. The Morgan fingerprint density at radius 3 is 2.70 bits per heavy atom. The van der Waals surface area contributed by atoms with Gasteiger partial charge in [0.05, 0.1) is 38.0 Å². The summed E-state index contributed by atoms with van der Waals surface area (Å²) < 4.78 is 15.9. The molecule has 0 spiro atoms. The molecule has 12 heteroatoms. The van der Waals surface area contributed by atoms with Gasteiger partial charge in [0.25, 0.3) is 0 Å². The van der Waals surface area contributed by atoms with Crippen LogP contribution in [-0.4, -0.2) is 86.6 Å². The smallest absolute Gasteiger partial charge is 0.407 e. The summed E-state index contributed by atoms with van der Waals surface area (Å²) in [7, 11) is 0. The van der Waals surface area contributed by atoms with Crippen LogP contribution < -0.4 is 10.6 Å². The van der Waals surface area contributed by atoms with Gasteiger partial charge in [-0.25, -0.2) is 9.59 Å². The lowest BCUT2D eigenvalue weighted by Gasteiger charge is -2.44. The number of hydrogen-bond donors (Lipinski definition) is 2. The van der Waals surface area contributed by atoms with Gasteiger partial charge in [-0.05, 0) is 45.2 Å². The molecular formula is C21H34N6O6. The van der Waals surface area contributed by atoms with Crippen LogP contribution in [0.5, 0.6) is 0 Å². The van der Waals surface area contributed by atoms with E-state index in [1.165, 1.54) is 6.92 Å². The number of ether oxygens (including phenoxy) is 3. The quantitative estimate of drug-likeness (QED) is 0.163. The number of likely N-dealkylation sites (tertiary alicyclic amines) is 1. The molecule has 33 heavy (non-hydrogen) atoms. The van der Waals surface area contributed by atoms with Gasteiger partial charge in [-0.3, -0.25) is 9.69 Å². The number of alkyl carbamates (subject to hydrolysis) is 1. The molecule has 0 saturated carbocycles. The zero-order chi connectivity index (χ0) is 24.2. The Kier molecular flexibility index (Phi) is 10.9. The van der Waals surface area contributed by atoms with Crippen LogP contribution in [0.3, 0.4) is 0 Å². The van der Waals surface area contributed by atoms with Gasteiger partial charge in [0.1, 0.15) is 0 Å². The molecular weight excluding hydrogens is 432 g/mol. The zero-order valence-electron chi connectivity index (χ0n) is 19.5. The fourth-order valence-electron chi connectivity index (χ4n) is 4.19. The molecule has 0 aromatic rings. The normalized spacial score (nSPS) is 25.2. The van der Waals surface area contributed by atoms with E-state index in [0.717, 1.165) is 19.4 Å². The zero-order valence-corrected chi connectivity index (χ0v) is 19.5. The third kappa shape index (κ3) is 8.23. The minimum Gasteiger partial charge on any atom is -0.463 e. The van der Waals surface area contributed by atoms with Crippen molar-refractivity contribution in [3.63, 3.8) is 0 Å². The van der Waals surface area contributed by atoms with E-state index in [9.17, 15) is 14.4 Å². The van der Waals surface area contributed by atoms with Crippen molar-refractivity contribution in [1.29, 1.82) is 0 Å². The van der Waals surface area contributed by atoms with Crippen molar-refractivity contribution in [2.24, 2.45) is 5.11 Å². The van der Waals surface area contributed by atoms with Crippen molar-refractivity contribution in [3.05, 3.63) is 22.1 Å². The molecule has 2 amide bonds. The van der Waals surface area contributed by atoms with Crippen molar-refractivity contribution < 1.29 is 28.6 Å². The van der Waals surface area contributed by atoms with Crippen LogP contribution in [-0.2, 0) is 23.8 Å². The average molecular weight is 467 g/mol. The van der Waals surface area contributed by atoms with Crippen LogP contribution in [0.15, 0.2) is 16.8 Å². The highest BCUT2D eigenvalue weighted by Gasteiger charge is 2.40. The third-order valence-electron chi connectivity index (χ3n) is 5.52. The highest BCUT2D eigenvalue weighted by atomic mass is 16.5. The third-order valence-corrected chi connectivity index (χ3v) is 5.52. The number of nitrogens with one attached hydrogen (secondary N) is 2. The first kappa shape index (κ1) is 26.4. The van der Waals surface area contributed by atoms with Crippen molar-refractivity contribution in [1.82, 2.24) is 15.5 Å². The van der Waals surface area contributed by atoms with E-state index in [4.69, 9.17) is 19.7 Å². The van der Waals surface area contributed by atoms with Crippen molar-refractivity contribution in [3.8, 4) is 0 Å². The Hall–Kier alpha value is -2.82. The van der Waals surface area contributed by atoms with Gasteiger partial charge in [0.2, 0.25) is 5.91 Å². The fourth-order valence-corrected chi connectivity index (χ4v) is 4.19. The number of nitrogens with zero attached hydrogens (tertiary/aromatic N) is 4. The second-order valence-electron chi connectivity index (χ2n) is 7.88. The van der Waals surface area contributed by atoms with E-state index in [2.05, 4.69) is 25.6 Å². The maximum Gasteiger partial charge on any atom is 0.407 e. The predicted molar refractivity (Wildman–Crippen MR) is 119 cm³/mol. The van der Waals surface area contributed by atoms with Gasteiger partial charge in [0.15, 0.2) is 0 Å². The molecule has 1 unspecified atom stereocenters. The lowest BCUT2D eigenvalue weighted by atomic mass is 9.85. The summed E-state index contributed by atoms with van der Waals surface area (Å²) in [5.41, 5.74) is 9.50. The predicted octanol–water partition coefficient (Wildman–Crippen LogP) is 1.66. The van der Waals surface area contributed by atoms with E-state index in [1.54, 1.807) is 13.8 Å². The van der Waals surface area contributed by atoms with Gasteiger partial charge >= 0.3 is 12.1 Å². The van der Waals surface area contributed by atoms with Crippen LogP contribution >= 0.6 is 0 Å². The number of hydrogen-bond acceptors (Lipinski definition) is 8. The summed E-state index contributed by atoms with van der Waals surface area (Å²) >= 11 is 0. The minimum absolute atomic E-state index is 0.0833. The Morgan fingerprint density at radius 2 is 2.03 bits per heavy atom. The van der Waals surface area contributed by atoms with Crippen LogP contribution in [0.4, 0.5) is 4.79 Å². The molecule has 0 aromatic carbocycles. The molecule has 0 radical (unpaired) electrons. The molecule has 2 aliphatic rings. The molecule has 184 valence electrons. The van der Waals surface area contributed by atoms with E-state index in [-0.39, 0.29) is 31.1 Å². The average Bonchev–Trinajstić information content (AvgIpc) is 2.78. The molecule has 1 aliphatic heterocycles. The van der Waals surface area contributed by atoms with Gasteiger partial charge in [0, 0.05) is 36.5 Å². The van der Waals surface area contributed by atoms with Crippen molar-refractivity contribution >= 4 is 18.0 Å². The highest BCUT2D eigenvalue weighted by molar-refractivity contribution is 5.89. The molecule has 12 nitrogen and oxygen atoms in total. The Balaban J connectivity index is 2.12. The van der Waals surface area contributed by atoms with Crippen LogP contribution in [0, 0.1) is 0 Å². The number of piperidine rings is 1. The Bertz CT molecular complexity index is 768.